The van der Waals surface area contributed by atoms with Gasteiger partial charge in [-0.05, 0) is 18.9 Å². The molecule has 1 N–H and O–H groups in total. The van der Waals surface area contributed by atoms with Gasteiger partial charge in [0.2, 0.25) is 0 Å². The van der Waals surface area contributed by atoms with E-state index in [4.69, 9.17) is 9.84 Å². The number of aryl methyl sites for hydroxylation is 1. The van der Waals surface area contributed by atoms with E-state index in [1.54, 1.807) is 0 Å². The topological polar surface area (TPSA) is 46.5 Å². The largest absolute Gasteiger partial charge is 0.493 e. The van der Waals surface area contributed by atoms with Crippen LogP contribution in [0, 0.1) is 6.92 Å². The van der Waals surface area contributed by atoms with Crippen LogP contribution in [0.3, 0.4) is 0 Å². The van der Waals surface area contributed by atoms with E-state index in [0.29, 0.717) is 13.0 Å². The van der Waals surface area contributed by atoms with Gasteiger partial charge in [-0.15, -0.1) is 0 Å². The van der Waals surface area contributed by atoms with Crippen molar-refractivity contribution in [3.8, 4) is 5.75 Å². The zero-order valence-electron chi connectivity index (χ0n) is 7.99. The minimum atomic E-state index is -0.764. The van der Waals surface area contributed by atoms with E-state index in [1.165, 1.54) is 0 Å². The molecule has 2 rings (SSSR count). The molecule has 0 spiro atoms. The highest BCUT2D eigenvalue weighted by atomic mass is 16.5. The second-order valence-corrected chi connectivity index (χ2v) is 3.52. The fourth-order valence-corrected chi connectivity index (χ4v) is 1.84. The van der Waals surface area contributed by atoms with Crippen LogP contribution in [0.25, 0.3) is 0 Å². The molecular formula is C11H12O3. The van der Waals surface area contributed by atoms with Crippen LogP contribution < -0.4 is 4.74 Å². The highest BCUT2D eigenvalue weighted by molar-refractivity contribution is 5.77. The molecule has 0 aliphatic carbocycles. The molecular weight excluding hydrogens is 180 g/mol. The highest BCUT2D eigenvalue weighted by Gasteiger charge is 2.27. The number of para-hydroxylation sites is 1. The summed E-state index contributed by atoms with van der Waals surface area (Å²) in [4.78, 5) is 11.0. The van der Waals surface area contributed by atoms with Crippen LogP contribution >= 0.6 is 0 Å². The number of ether oxygens (including phenoxy) is 1. The number of rotatable bonds is 1. The zero-order valence-corrected chi connectivity index (χ0v) is 7.99. The van der Waals surface area contributed by atoms with Gasteiger partial charge in [0.05, 0.1) is 12.5 Å². The average molecular weight is 192 g/mol. The van der Waals surface area contributed by atoms with Crippen LogP contribution in [0.5, 0.6) is 5.75 Å². The normalized spacial score (nSPS) is 19.6. The molecule has 3 heteroatoms. The first-order valence-electron chi connectivity index (χ1n) is 4.65. The second-order valence-electron chi connectivity index (χ2n) is 3.52. The molecule has 14 heavy (non-hydrogen) atoms. The van der Waals surface area contributed by atoms with Crippen LogP contribution in [0.15, 0.2) is 18.2 Å². The number of aliphatic carboxylic acids is 1. The average Bonchev–Trinajstić information content (AvgIpc) is 2.17. The van der Waals surface area contributed by atoms with Gasteiger partial charge >= 0.3 is 5.97 Å². The lowest BCUT2D eigenvalue weighted by molar-refractivity contribution is -0.139. The van der Waals surface area contributed by atoms with Gasteiger partial charge in [0.25, 0.3) is 0 Å². The van der Waals surface area contributed by atoms with Crippen LogP contribution in [-0.4, -0.2) is 17.7 Å². The number of carboxylic acid groups (broad SMARTS) is 1. The Kier molecular flexibility index (Phi) is 2.15. The molecule has 0 radical (unpaired) electrons. The van der Waals surface area contributed by atoms with E-state index in [9.17, 15) is 4.79 Å². The molecule has 1 unspecified atom stereocenters. The van der Waals surface area contributed by atoms with Crippen molar-refractivity contribution >= 4 is 5.97 Å². The summed E-state index contributed by atoms with van der Waals surface area (Å²) in [7, 11) is 0. The van der Waals surface area contributed by atoms with Crippen molar-refractivity contribution < 1.29 is 14.6 Å². The van der Waals surface area contributed by atoms with Gasteiger partial charge in [-0.3, -0.25) is 4.79 Å². The first kappa shape index (κ1) is 9.06. The lowest BCUT2D eigenvalue weighted by Crippen LogP contribution is -2.21. The Morgan fingerprint density at radius 2 is 2.36 bits per heavy atom. The third-order valence-electron chi connectivity index (χ3n) is 2.57. The molecule has 1 aliphatic rings. The number of benzene rings is 1. The Labute approximate surface area is 82.3 Å². The lowest BCUT2D eigenvalue weighted by atomic mass is 9.92. The summed E-state index contributed by atoms with van der Waals surface area (Å²) in [5, 5.41) is 9.02. The Bertz CT molecular complexity index is 371. The monoisotopic (exact) mass is 192 g/mol. The lowest BCUT2D eigenvalue weighted by Gasteiger charge is -2.24. The quantitative estimate of drug-likeness (QED) is 0.739. The minimum absolute atomic E-state index is 0.404. The molecule has 1 aromatic carbocycles. The van der Waals surface area contributed by atoms with Crippen LogP contribution in [0.2, 0.25) is 0 Å². The summed E-state index contributed by atoms with van der Waals surface area (Å²) in [5.74, 6) is -0.412. The number of carboxylic acids is 1. The fourth-order valence-electron chi connectivity index (χ4n) is 1.84. The van der Waals surface area contributed by atoms with Crippen molar-refractivity contribution in [3.63, 3.8) is 0 Å². The molecule has 3 nitrogen and oxygen atoms in total. The predicted molar refractivity (Wildman–Crippen MR) is 51.7 cm³/mol. The van der Waals surface area contributed by atoms with Crippen LogP contribution in [0.4, 0.5) is 0 Å². The van der Waals surface area contributed by atoms with Gasteiger partial charge in [-0.25, -0.2) is 0 Å². The number of fused-ring (bicyclic) bond motifs is 1. The SMILES string of the molecule is Cc1cccc2c1OCCC2C(=O)O. The molecule has 74 valence electrons. The first-order chi connectivity index (χ1) is 6.70. The van der Waals surface area contributed by atoms with Crippen molar-refractivity contribution in [2.24, 2.45) is 0 Å². The summed E-state index contributed by atoms with van der Waals surface area (Å²) in [6, 6.07) is 5.64. The summed E-state index contributed by atoms with van der Waals surface area (Å²) in [5.41, 5.74) is 1.82. The van der Waals surface area contributed by atoms with E-state index in [2.05, 4.69) is 0 Å². The number of hydrogen-bond donors (Lipinski definition) is 1. The van der Waals surface area contributed by atoms with Gasteiger partial charge in [-0.2, -0.15) is 0 Å². The maximum atomic E-state index is 11.0. The summed E-state index contributed by atoms with van der Waals surface area (Å²) in [6.07, 6.45) is 0.561. The summed E-state index contributed by atoms with van der Waals surface area (Å²) in [6.45, 7) is 2.43. The molecule has 0 fully saturated rings. The Morgan fingerprint density at radius 1 is 1.57 bits per heavy atom. The van der Waals surface area contributed by atoms with Gasteiger partial charge in [-0.1, -0.05) is 18.2 Å². The minimum Gasteiger partial charge on any atom is -0.493 e. The van der Waals surface area contributed by atoms with Gasteiger partial charge in [0.1, 0.15) is 5.75 Å². The van der Waals surface area contributed by atoms with Gasteiger partial charge < -0.3 is 9.84 Å². The smallest absolute Gasteiger partial charge is 0.311 e. The first-order valence-corrected chi connectivity index (χ1v) is 4.65. The zero-order chi connectivity index (χ0) is 10.1. The summed E-state index contributed by atoms with van der Waals surface area (Å²) < 4.78 is 5.47. The molecule has 0 amide bonds. The third-order valence-corrected chi connectivity index (χ3v) is 2.57. The van der Waals surface area contributed by atoms with Crippen molar-refractivity contribution in [1.82, 2.24) is 0 Å². The van der Waals surface area contributed by atoms with Gasteiger partial charge in [0.15, 0.2) is 0 Å². The Hall–Kier alpha value is -1.51. The van der Waals surface area contributed by atoms with E-state index >= 15 is 0 Å². The molecule has 0 aromatic heterocycles. The molecule has 0 bridgehead atoms. The molecule has 0 saturated heterocycles. The number of carbonyl (C=O) groups is 1. The molecule has 1 atom stereocenters. The van der Waals surface area contributed by atoms with E-state index in [0.717, 1.165) is 16.9 Å². The van der Waals surface area contributed by atoms with Crippen LogP contribution in [-0.2, 0) is 4.79 Å². The third kappa shape index (κ3) is 1.35. The van der Waals surface area contributed by atoms with E-state index < -0.39 is 11.9 Å². The van der Waals surface area contributed by atoms with Crippen molar-refractivity contribution in [2.75, 3.05) is 6.61 Å². The predicted octanol–water partition coefficient (Wildman–Crippen LogP) is 1.95. The van der Waals surface area contributed by atoms with E-state index in [-0.39, 0.29) is 0 Å². The summed E-state index contributed by atoms with van der Waals surface area (Å²) >= 11 is 0. The molecule has 0 saturated carbocycles. The fraction of sp³-hybridized carbons (Fsp3) is 0.364. The number of hydrogen-bond acceptors (Lipinski definition) is 2. The highest BCUT2D eigenvalue weighted by Crippen LogP contribution is 2.35. The van der Waals surface area contributed by atoms with Crippen molar-refractivity contribution in [1.29, 1.82) is 0 Å². The van der Waals surface area contributed by atoms with E-state index in [1.807, 2.05) is 25.1 Å². The second kappa shape index (κ2) is 3.33. The maximum Gasteiger partial charge on any atom is 0.311 e. The molecule has 1 heterocycles. The van der Waals surface area contributed by atoms with Crippen LogP contribution in [0.1, 0.15) is 23.5 Å². The standard InChI is InChI=1S/C11H12O3/c1-7-3-2-4-8-9(11(12)13)5-6-14-10(7)8/h2-4,9H,5-6H2,1H3,(H,12,13). The van der Waals surface area contributed by atoms with Crippen molar-refractivity contribution in [3.05, 3.63) is 29.3 Å². The van der Waals surface area contributed by atoms with Gasteiger partial charge in [0, 0.05) is 5.56 Å². The maximum absolute atomic E-state index is 11.0. The Balaban J connectivity index is 2.49. The molecule has 1 aliphatic heterocycles. The van der Waals surface area contributed by atoms with Crippen molar-refractivity contribution in [2.45, 2.75) is 19.3 Å². The Morgan fingerprint density at radius 3 is 3.07 bits per heavy atom. The molecule has 1 aromatic rings.